The Balaban J connectivity index is 1.41. The number of rotatable bonds is 40. The molecule has 0 radical (unpaired) electrons. The van der Waals surface area contributed by atoms with E-state index in [-0.39, 0.29) is 122 Å². The zero-order chi connectivity index (χ0) is 73.5. The lowest BCUT2D eigenvalue weighted by Crippen LogP contribution is -2.60. The van der Waals surface area contributed by atoms with Crippen LogP contribution in [0.25, 0.3) is 0 Å². The van der Waals surface area contributed by atoms with Crippen LogP contribution >= 0.6 is 0 Å². The van der Waals surface area contributed by atoms with Gasteiger partial charge in [-0.15, -0.1) is 6.42 Å². The largest absolute Gasteiger partial charge is 0.508 e. The molecule has 4 aliphatic heterocycles. The van der Waals surface area contributed by atoms with Crippen molar-refractivity contribution in [3.8, 4) is 12.3 Å². The van der Waals surface area contributed by atoms with Crippen LogP contribution in [0.3, 0.4) is 0 Å². The summed E-state index contributed by atoms with van der Waals surface area (Å²) in [6.45, 7) is 19.4. The highest BCUT2D eigenvalue weighted by Gasteiger charge is 2.50. The van der Waals surface area contributed by atoms with Gasteiger partial charge in [0.1, 0.15) is 80.6 Å². The van der Waals surface area contributed by atoms with Gasteiger partial charge in [-0.2, -0.15) is 0 Å². The molecular weight excluding hydrogens is 1320 g/mol. The third-order valence-electron chi connectivity index (χ3n) is 13.9. The lowest BCUT2D eigenvalue weighted by molar-refractivity contribution is -0.378. The molecule has 0 aromatic rings. The minimum atomic E-state index is -1.84. The highest BCUT2D eigenvalue weighted by molar-refractivity contribution is 5.94. The molecule has 2 saturated heterocycles. The van der Waals surface area contributed by atoms with Crippen LogP contribution in [-0.2, 0) is 114 Å². The highest BCUT2D eigenvalue weighted by Crippen LogP contribution is 2.33. The van der Waals surface area contributed by atoms with Gasteiger partial charge in [-0.3, -0.25) is 34.8 Å². The van der Waals surface area contributed by atoms with Gasteiger partial charge in [0.15, 0.2) is 18.3 Å². The van der Waals surface area contributed by atoms with E-state index in [1.807, 2.05) is 0 Å². The fraction of sp³-hybridized carbons (Fsp3) is 0.698. The molecule has 4 aliphatic rings. The summed E-state index contributed by atoms with van der Waals surface area (Å²) in [7, 11) is 2.24. The van der Waals surface area contributed by atoms with Gasteiger partial charge in [-0.05, 0) is 74.5 Å². The third kappa shape index (κ3) is 29.4. The van der Waals surface area contributed by atoms with Crippen molar-refractivity contribution in [2.75, 3.05) is 126 Å². The van der Waals surface area contributed by atoms with Crippen molar-refractivity contribution in [1.82, 2.24) is 36.8 Å². The molecular formula is C63H96N8O28. The number of nitrogens with one attached hydrogen (secondary N) is 6. The van der Waals surface area contributed by atoms with Gasteiger partial charge in [-0.25, -0.2) is 28.8 Å². The highest BCUT2D eigenvalue weighted by atomic mass is 16.9. The number of esters is 2. The molecule has 0 aromatic heterocycles. The molecule has 0 aliphatic carbocycles. The Kier molecular flexibility index (Phi) is 34.4. The smallest absolute Gasteiger partial charge is 0.480 e. The van der Waals surface area contributed by atoms with Crippen LogP contribution in [0.4, 0.5) is 19.2 Å². The van der Waals surface area contributed by atoms with Crippen LogP contribution in [-0.4, -0.2) is 269 Å². The van der Waals surface area contributed by atoms with Crippen molar-refractivity contribution >= 4 is 65.9 Å². The first kappa shape index (κ1) is 82.9. The molecule has 6 N–H and O–H groups in total. The first-order chi connectivity index (χ1) is 46.8. The number of ether oxygens (including phenoxy) is 18. The zero-order valence-electron chi connectivity index (χ0n) is 58.3. The van der Waals surface area contributed by atoms with Crippen LogP contribution in [0.1, 0.15) is 82.6 Å². The van der Waals surface area contributed by atoms with Crippen molar-refractivity contribution in [2.24, 2.45) is 10.9 Å². The lowest BCUT2D eigenvalue weighted by atomic mass is 9.87. The maximum Gasteiger partial charge on any atom is 0.508 e. The van der Waals surface area contributed by atoms with E-state index in [1.54, 1.807) is 62.3 Å². The number of nitrogens with zero attached hydrogens (tertiary/aromatic N) is 2. The Labute approximate surface area is 574 Å². The predicted octanol–water partition coefficient (Wildman–Crippen LogP) is 1.02. The van der Waals surface area contributed by atoms with Gasteiger partial charge in [0.2, 0.25) is 35.1 Å². The first-order valence-corrected chi connectivity index (χ1v) is 31.8. The Bertz CT molecular complexity index is 2880. The van der Waals surface area contributed by atoms with E-state index in [0.717, 1.165) is 14.2 Å². The summed E-state index contributed by atoms with van der Waals surface area (Å²) in [5.74, 6) is -4.96. The number of amidine groups is 1. The molecule has 4 heterocycles. The molecule has 36 nitrogen and oxygen atoms in total. The van der Waals surface area contributed by atoms with E-state index in [0.29, 0.717) is 0 Å². The van der Waals surface area contributed by atoms with Gasteiger partial charge in [0.25, 0.3) is 5.97 Å². The fourth-order valence-corrected chi connectivity index (χ4v) is 9.78. The number of aliphatic imine (C=N–C) groups is 1. The van der Waals surface area contributed by atoms with Crippen molar-refractivity contribution in [2.45, 2.75) is 155 Å². The Morgan fingerprint density at radius 1 is 0.677 bits per heavy atom. The molecule has 0 unspecified atom stereocenters. The monoisotopic (exact) mass is 1410 g/mol. The summed E-state index contributed by atoms with van der Waals surface area (Å²) in [5.41, 5.74) is -1.68. The van der Waals surface area contributed by atoms with E-state index >= 15 is 0 Å². The van der Waals surface area contributed by atoms with Crippen LogP contribution < -0.4 is 31.9 Å². The standard InChI is InChI=1S/C63H96N8O28/c1-16-23-84-28-29-93-63(91-17-2,92-18-3)32-49(75)71(21-26-85-24-19-64-47(73)35-87-52(45-33-89-59(80)96-45)51-37(4)41(30-43(94-51)55(76)82-14)66-38(5)68-57(78)98-61(8,9)10)22-27-86-25-20-65-48(74)36-88-53(46-34-90-60(81)97-46)54-50(70-40(7)72)42(31-44(95-54)56(77)83-15)67-39(6)69-58(79)99-62(11,12)13/h1,30-31,37,41-42,45-46,50-54,66H,5,17-29,32-36H2,2-4,6-15H3,(H,64,73)(H,65,74)(H,68,78)(H,70,72)(H,67,69,79)/t37-,41+,42+,45-,46-,50-,51-,52-,53-,54-/m1/s1. The second kappa shape index (κ2) is 41.1. The number of hydrogen-bond donors (Lipinski definition) is 6. The number of alkyl carbamates (subject to hydrolysis) is 2. The molecule has 4 rings (SSSR count). The number of hydrogen-bond acceptors (Lipinski definition) is 30. The topological polar surface area (TPSA) is 425 Å². The average molecular weight is 1410 g/mol. The fourth-order valence-electron chi connectivity index (χ4n) is 9.78. The molecule has 0 saturated carbocycles. The molecule has 556 valence electrons. The minimum Gasteiger partial charge on any atom is -0.480 e. The van der Waals surface area contributed by atoms with Crippen LogP contribution in [0.15, 0.2) is 41.1 Å². The summed E-state index contributed by atoms with van der Waals surface area (Å²) in [6, 6.07) is -3.14. The van der Waals surface area contributed by atoms with E-state index in [4.69, 9.17) is 91.7 Å². The van der Waals surface area contributed by atoms with E-state index in [9.17, 15) is 47.9 Å². The first-order valence-electron chi connectivity index (χ1n) is 31.8. The summed E-state index contributed by atoms with van der Waals surface area (Å²) < 4.78 is 100. The van der Waals surface area contributed by atoms with Crippen LogP contribution in [0, 0.1) is 18.3 Å². The quantitative estimate of drug-likeness (QED) is 0.00948. The summed E-state index contributed by atoms with van der Waals surface area (Å²) in [4.78, 5) is 135. The summed E-state index contributed by atoms with van der Waals surface area (Å²) >= 11 is 0. The summed E-state index contributed by atoms with van der Waals surface area (Å²) in [6.07, 6.45) is -3.68. The normalized spacial score (nSPS) is 21.2. The zero-order valence-corrected chi connectivity index (χ0v) is 58.3. The molecule has 0 spiro atoms. The number of carbonyl (C=O) groups is 10. The molecule has 6 amide bonds. The van der Waals surface area contributed by atoms with Gasteiger partial charge in [0.05, 0.1) is 72.0 Å². The summed E-state index contributed by atoms with van der Waals surface area (Å²) in [5, 5.41) is 16.1. The second-order valence-corrected chi connectivity index (χ2v) is 24.0. The van der Waals surface area contributed by atoms with Crippen LogP contribution in [0.5, 0.6) is 0 Å². The average Bonchev–Trinajstić information content (AvgIpc) is 1.77. The number of amides is 6. The van der Waals surface area contributed by atoms with E-state index in [2.05, 4.69) is 49.4 Å². The Hall–Kier alpha value is -8.57. The van der Waals surface area contributed by atoms with Crippen molar-refractivity contribution < 1.29 is 133 Å². The molecule has 2 fully saturated rings. The minimum absolute atomic E-state index is 0.00940. The van der Waals surface area contributed by atoms with E-state index in [1.165, 1.54) is 30.9 Å². The van der Waals surface area contributed by atoms with Crippen LogP contribution in [0.2, 0.25) is 0 Å². The molecule has 0 aromatic carbocycles. The molecule has 99 heavy (non-hydrogen) atoms. The van der Waals surface area contributed by atoms with Gasteiger partial charge in [0, 0.05) is 52.2 Å². The molecule has 0 bridgehead atoms. The molecule has 10 atom stereocenters. The number of carbonyl (C=O) groups excluding carboxylic acids is 10. The molecule has 36 heteroatoms. The Morgan fingerprint density at radius 3 is 1.66 bits per heavy atom. The number of cyclic esters (lactones) is 4. The maximum absolute atomic E-state index is 14.2. The predicted molar refractivity (Wildman–Crippen MR) is 341 cm³/mol. The van der Waals surface area contributed by atoms with Gasteiger partial charge < -0.3 is 111 Å². The van der Waals surface area contributed by atoms with Crippen molar-refractivity contribution in [3.63, 3.8) is 0 Å². The number of methoxy groups -OCH3 is 2. The second-order valence-electron chi connectivity index (χ2n) is 24.0. The third-order valence-corrected chi connectivity index (χ3v) is 13.9. The van der Waals surface area contributed by atoms with Crippen molar-refractivity contribution in [1.29, 1.82) is 0 Å². The number of terminal acetylenes is 1. The van der Waals surface area contributed by atoms with Gasteiger partial charge >= 0.3 is 36.4 Å². The van der Waals surface area contributed by atoms with Crippen molar-refractivity contribution in [3.05, 3.63) is 36.1 Å². The lowest BCUT2D eigenvalue weighted by Gasteiger charge is -2.40. The van der Waals surface area contributed by atoms with Gasteiger partial charge in [-0.1, -0.05) is 19.4 Å². The Morgan fingerprint density at radius 2 is 1.18 bits per heavy atom. The maximum atomic E-state index is 14.2. The van der Waals surface area contributed by atoms with E-state index < -0.39 is 158 Å². The SMILES string of the molecule is C#CCOCCOC(CC(=O)N(CCOCCNC(=O)CO[C@@H]([C@@H]1OC(C(=O)OC)=C[C@H](NC(=C)NC(=O)OC(C)(C)C)[C@H]1C)[C@H]1COC(=O)O1)CCOCCNC(=O)CO[C@@H]([C@@H]1OC(C(=O)OC)=C[C@H](N=C(C)NC(=O)OC(C)(C)C)[C@H]1NC(C)=O)[C@H]1COC(=O)O1)(OCC)OCC.